The Balaban J connectivity index is 2.10. The highest BCUT2D eigenvalue weighted by molar-refractivity contribution is 7.45. The number of ketones is 1. The number of phosphoric acid groups is 1. The van der Waals surface area contributed by atoms with E-state index in [0.717, 1.165) is 16.5 Å². The second kappa shape index (κ2) is 11.4. The van der Waals surface area contributed by atoms with Crippen molar-refractivity contribution in [3.05, 3.63) is 35.9 Å². The smallest absolute Gasteiger partial charge is 0.268 e. The largest absolute Gasteiger partial charge is 0.756 e. The van der Waals surface area contributed by atoms with Crippen molar-refractivity contribution in [2.75, 3.05) is 73.6 Å². The maximum Gasteiger partial charge on any atom is 0.268 e. The summed E-state index contributed by atoms with van der Waals surface area (Å²) in [6.07, 6.45) is -0.665. The molecule has 2 aromatic carbocycles. The van der Waals surface area contributed by atoms with E-state index < -0.39 is 13.9 Å². The monoisotopic (exact) mass is 482 g/mol. The molecule has 0 spiro atoms. The summed E-state index contributed by atoms with van der Waals surface area (Å²) >= 11 is 0. The number of benzene rings is 2. The Kier molecular flexibility index (Phi) is 9.43. The molecule has 0 aliphatic heterocycles. The van der Waals surface area contributed by atoms with Gasteiger partial charge in [-0.1, -0.05) is 6.07 Å². The van der Waals surface area contributed by atoms with Crippen LogP contribution >= 0.6 is 7.82 Å². The molecule has 1 unspecified atom stereocenters. The van der Waals surface area contributed by atoms with E-state index in [1.807, 2.05) is 64.4 Å². The van der Waals surface area contributed by atoms with Gasteiger partial charge in [0.2, 0.25) is 0 Å². The predicted octanol–water partition coefficient (Wildman–Crippen LogP) is 2.71. The van der Waals surface area contributed by atoms with Crippen LogP contribution in [0, 0.1) is 0 Å². The number of rotatable bonds is 13. The summed E-state index contributed by atoms with van der Waals surface area (Å²) in [5.74, 6) is 0.427. The maximum absolute atomic E-state index is 12.0. The van der Waals surface area contributed by atoms with E-state index in [2.05, 4.69) is 0 Å². The van der Waals surface area contributed by atoms with Crippen molar-refractivity contribution in [2.45, 2.75) is 13.0 Å². The van der Waals surface area contributed by atoms with Crippen LogP contribution in [0.15, 0.2) is 30.3 Å². The number of ether oxygens (including phenoxy) is 2. The number of likely N-dealkylation sites (N-methyl/N-ethyl adjacent to an activating group) is 1. The number of hydrogen-bond acceptors (Lipinski definition) is 8. The number of carbonyl (C=O) groups is 1. The van der Waals surface area contributed by atoms with Crippen LogP contribution in [0.5, 0.6) is 5.75 Å². The van der Waals surface area contributed by atoms with Gasteiger partial charge in [0, 0.05) is 37.8 Å². The van der Waals surface area contributed by atoms with E-state index in [-0.39, 0.29) is 25.6 Å². The molecule has 184 valence electrons. The van der Waals surface area contributed by atoms with Gasteiger partial charge in [-0.2, -0.15) is 0 Å². The van der Waals surface area contributed by atoms with Crippen LogP contribution in [0.4, 0.5) is 5.69 Å². The Bertz CT molecular complexity index is 1000. The first-order chi connectivity index (χ1) is 15.3. The second-order valence-electron chi connectivity index (χ2n) is 9.09. The van der Waals surface area contributed by atoms with Crippen molar-refractivity contribution in [2.24, 2.45) is 0 Å². The van der Waals surface area contributed by atoms with Crippen LogP contribution in [0.2, 0.25) is 0 Å². The number of phosphoric ester groups is 1. The topological polar surface area (TPSA) is 97.4 Å². The lowest BCUT2D eigenvalue weighted by Gasteiger charge is -2.28. The normalized spacial score (nSPS) is 14.7. The molecule has 0 saturated heterocycles. The number of nitrogens with zero attached hydrogens (tertiary/aromatic N) is 2. The van der Waals surface area contributed by atoms with Crippen LogP contribution in [-0.2, 0) is 18.3 Å². The van der Waals surface area contributed by atoms with E-state index in [1.165, 1.54) is 14.0 Å². The SMILES string of the molecule is CO[C@H](COc1cc(C(C)=O)cc2ccc(N(C)C)cc12)COP(=O)([O-])OCC[N+](C)(C)C. The number of quaternary nitrogens is 1. The zero-order valence-electron chi connectivity index (χ0n) is 20.5. The Labute approximate surface area is 196 Å². The fraction of sp³-hybridized carbons (Fsp3) is 0.522. The first-order valence-corrected chi connectivity index (χ1v) is 12.1. The van der Waals surface area contributed by atoms with Crippen molar-refractivity contribution < 1.29 is 37.3 Å². The third-order valence-electron chi connectivity index (χ3n) is 5.01. The minimum absolute atomic E-state index is 0.0243. The lowest BCUT2D eigenvalue weighted by molar-refractivity contribution is -0.870. The summed E-state index contributed by atoms with van der Waals surface area (Å²) in [6.45, 7) is 1.81. The molecule has 10 heteroatoms. The summed E-state index contributed by atoms with van der Waals surface area (Å²) in [5.41, 5.74) is 1.50. The molecular formula is C23H35N2O7P. The van der Waals surface area contributed by atoms with Gasteiger partial charge in [-0.25, -0.2) is 0 Å². The zero-order valence-corrected chi connectivity index (χ0v) is 21.4. The molecular weight excluding hydrogens is 447 g/mol. The Morgan fingerprint density at radius 3 is 2.39 bits per heavy atom. The number of carbonyl (C=O) groups excluding carboxylic acids is 1. The van der Waals surface area contributed by atoms with Crippen LogP contribution in [0.3, 0.4) is 0 Å². The van der Waals surface area contributed by atoms with Crippen molar-refractivity contribution in [3.63, 3.8) is 0 Å². The van der Waals surface area contributed by atoms with Gasteiger partial charge in [0.05, 0.1) is 27.7 Å². The van der Waals surface area contributed by atoms with Crippen LogP contribution in [-0.4, -0.2) is 85.1 Å². The number of anilines is 1. The average Bonchev–Trinajstić information content (AvgIpc) is 2.71. The van der Waals surface area contributed by atoms with Gasteiger partial charge in [0.1, 0.15) is 31.6 Å². The Hall–Kier alpha value is -2.00. The molecule has 0 radical (unpaired) electrons. The molecule has 0 amide bonds. The van der Waals surface area contributed by atoms with Crippen molar-refractivity contribution in [1.29, 1.82) is 0 Å². The highest BCUT2D eigenvalue weighted by Crippen LogP contribution is 2.38. The third-order valence-corrected chi connectivity index (χ3v) is 5.98. The van der Waals surface area contributed by atoms with Crippen molar-refractivity contribution in [3.8, 4) is 5.75 Å². The lowest BCUT2D eigenvalue weighted by atomic mass is 10.0. The highest BCUT2D eigenvalue weighted by Gasteiger charge is 2.18. The van der Waals surface area contributed by atoms with Gasteiger partial charge >= 0.3 is 0 Å². The average molecular weight is 483 g/mol. The van der Waals surface area contributed by atoms with Crippen molar-refractivity contribution in [1.82, 2.24) is 0 Å². The van der Waals surface area contributed by atoms with E-state index in [4.69, 9.17) is 18.5 Å². The van der Waals surface area contributed by atoms with Gasteiger partial charge in [0.15, 0.2) is 5.78 Å². The van der Waals surface area contributed by atoms with E-state index in [0.29, 0.717) is 22.3 Å². The molecule has 2 aromatic rings. The predicted molar refractivity (Wildman–Crippen MR) is 127 cm³/mol. The molecule has 0 bridgehead atoms. The fourth-order valence-corrected chi connectivity index (χ4v) is 3.65. The first-order valence-electron chi connectivity index (χ1n) is 10.6. The Morgan fingerprint density at radius 2 is 1.82 bits per heavy atom. The van der Waals surface area contributed by atoms with Crippen molar-refractivity contribution >= 4 is 30.1 Å². The summed E-state index contributed by atoms with van der Waals surface area (Å²) in [6, 6.07) is 9.38. The highest BCUT2D eigenvalue weighted by atomic mass is 31.2. The molecule has 0 aliphatic rings. The minimum atomic E-state index is -4.46. The summed E-state index contributed by atoms with van der Waals surface area (Å²) in [4.78, 5) is 26.0. The van der Waals surface area contributed by atoms with Crippen LogP contribution in [0.25, 0.3) is 10.8 Å². The van der Waals surface area contributed by atoms with E-state index >= 15 is 0 Å². The molecule has 2 atom stereocenters. The fourth-order valence-electron chi connectivity index (χ4n) is 2.92. The first kappa shape index (κ1) is 27.2. The molecule has 33 heavy (non-hydrogen) atoms. The molecule has 0 aromatic heterocycles. The van der Waals surface area contributed by atoms with Gasteiger partial charge in [-0.15, -0.1) is 0 Å². The molecule has 0 saturated carbocycles. The lowest BCUT2D eigenvalue weighted by Crippen LogP contribution is -2.37. The van der Waals surface area contributed by atoms with E-state index in [9.17, 15) is 14.3 Å². The standard InChI is InChI=1S/C23H35N2O7P/c1-17(26)19-12-18-8-9-20(24(2)3)14-22(18)23(13-19)30-15-21(29-7)16-32-33(27,28)31-11-10-25(4,5)6/h8-9,12-14,21H,10-11,15-16H2,1-7H3/t21-/m1/s1. The van der Waals surface area contributed by atoms with Crippen LogP contribution < -0.4 is 14.5 Å². The summed E-state index contributed by atoms with van der Waals surface area (Å²) < 4.78 is 33.8. The zero-order chi connectivity index (χ0) is 24.8. The van der Waals surface area contributed by atoms with Gasteiger partial charge < -0.3 is 32.8 Å². The quantitative estimate of drug-likeness (QED) is 0.244. The molecule has 0 N–H and O–H groups in total. The van der Waals surface area contributed by atoms with Gasteiger partial charge in [-0.3, -0.25) is 9.36 Å². The third kappa shape index (κ3) is 8.70. The van der Waals surface area contributed by atoms with Gasteiger partial charge in [0.25, 0.3) is 7.82 Å². The van der Waals surface area contributed by atoms with Crippen LogP contribution in [0.1, 0.15) is 17.3 Å². The molecule has 0 aliphatic carbocycles. The molecule has 0 heterocycles. The maximum atomic E-state index is 12.0. The molecule has 0 fully saturated rings. The number of fused-ring (bicyclic) bond motifs is 1. The number of Topliss-reactive ketones (excluding diaryl/α,β-unsaturated/α-hetero) is 1. The number of hydrogen-bond donors (Lipinski definition) is 0. The van der Waals surface area contributed by atoms with Gasteiger partial charge in [-0.05, 0) is 36.6 Å². The molecule has 2 rings (SSSR count). The Morgan fingerprint density at radius 1 is 1.12 bits per heavy atom. The minimum Gasteiger partial charge on any atom is -0.756 e. The second-order valence-corrected chi connectivity index (χ2v) is 10.5. The van der Waals surface area contributed by atoms with E-state index in [1.54, 1.807) is 6.07 Å². The summed E-state index contributed by atoms with van der Waals surface area (Å²) in [5, 5.41) is 1.70. The summed E-state index contributed by atoms with van der Waals surface area (Å²) in [7, 11) is 6.66. The number of methoxy groups -OCH3 is 1. The molecule has 9 nitrogen and oxygen atoms in total.